The minimum Gasteiger partial charge on any atom is -0.232 e. The van der Waals surface area contributed by atoms with E-state index in [-0.39, 0.29) is 22.8 Å². The van der Waals surface area contributed by atoms with E-state index in [2.05, 4.69) is 20.2 Å². The topological polar surface area (TPSA) is 61.4 Å². The van der Waals surface area contributed by atoms with E-state index >= 15 is 0 Å². The summed E-state index contributed by atoms with van der Waals surface area (Å²) in [6, 6.07) is 4.07. The summed E-state index contributed by atoms with van der Waals surface area (Å²) in [6.07, 6.45) is -12.7. The van der Waals surface area contributed by atoms with Crippen LogP contribution in [0.25, 0.3) is 11.6 Å². The molecule has 0 atom stereocenters. The highest BCUT2D eigenvalue weighted by Crippen LogP contribution is 2.40. The third kappa shape index (κ3) is 5.28. The molecule has 0 fully saturated rings. The lowest BCUT2D eigenvalue weighted by molar-refractivity contribution is -0.142. The van der Waals surface area contributed by atoms with Gasteiger partial charge in [-0.25, -0.2) is 19.3 Å². The molecule has 214 valence electrons. The number of pyridine rings is 2. The van der Waals surface area contributed by atoms with Crippen molar-refractivity contribution in [1.82, 2.24) is 29.5 Å². The zero-order valence-corrected chi connectivity index (χ0v) is 21.5. The fourth-order valence-corrected chi connectivity index (χ4v) is 4.07. The second-order valence-electron chi connectivity index (χ2n) is 9.71. The van der Waals surface area contributed by atoms with Gasteiger partial charge in [0, 0.05) is 17.8 Å². The van der Waals surface area contributed by atoms with Crippen LogP contribution in [-0.2, 0) is 23.9 Å². The fraction of sp³-hybridized carbons (Fsp3) is 0.360. The summed E-state index contributed by atoms with van der Waals surface area (Å²) in [7, 11) is 0. The molecule has 0 amide bonds. The molecule has 4 rings (SSSR count). The van der Waals surface area contributed by atoms with Gasteiger partial charge in [-0.3, -0.25) is 0 Å². The number of hydrogen-bond acceptors (Lipinski definition) is 4. The Morgan fingerprint density at radius 3 is 1.43 bits per heavy atom. The van der Waals surface area contributed by atoms with Crippen molar-refractivity contribution in [2.45, 2.75) is 58.6 Å². The number of hydrogen-bond donors (Lipinski definition) is 0. The number of rotatable bonds is 4. The lowest BCUT2D eigenvalue weighted by Gasteiger charge is -2.27. The van der Waals surface area contributed by atoms with Crippen LogP contribution < -0.4 is 0 Å². The van der Waals surface area contributed by atoms with Gasteiger partial charge in [0.2, 0.25) is 0 Å². The number of alkyl halides is 9. The van der Waals surface area contributed by atoms with Gasteiger partial charge in [0.05, 0.1) is 11.4 Å². The number of aryl methyl sites for hydroxylation is 2. The Labute approximate surface area is 221 Å². The van der Waals surface area contributed by atoms with Crippen molar-refractivity contribution in [2.75, 3.05) is 0 Å². The smallest absolute Gasteiger partial charge is 0.232 e. The molecule has 0 aromatic carbocycles. The quantitative estimate of drug-likeness (QED) is 0.242. The minimum absolute atomic E-state index is 0.00945. The summed E-state index contributed by atoms with van der Waals surface area (Å²) in [5.74, 6) is -0.804. The normalized spacial score (nSPS) is 13.2. The van der Waals surface area contributed by atoms with Crippen LogP contribution in [0.4, 0.5) is 39.5 Å². The van der Waals surface area contributed by atoms with E-state index in [1.165, 1.54) is 0 Å². The summed E-state index contributed by atoms with van der Waals surface area (Å²) in [5, 5.41) is 6.84. The van der Waals surface area contributed by atoms with Crippen molar-refractivity contribution in [3.63, 3.8) is 0 Å². The van der Waals surface area contributed by atoms with E-state index in [0.29, 0.717) is 21.9 Å². The van der Waals surface area contributed by atoms with E-state index in [4.69, 9.17) is 0 Å². The Hall–Kier alpha value is -3.91. The molecule has 0 radical (unpaired) electrons. The van der Waals surface area contributed by atoms with Crippen LogP contribution >= 0.6 is 0 Å². The molecule has 4 aromatic heterocycles. The Kier molecular flexibility index (Phi) is 6.79. The Morgan fingerprint density at radius 1 is 0.575 bits per heavy atom. The van der Waals surface area contributed by atoms with E-state index < -0.39 is 46.7 Å². The van der Waals surface area contributed by atoms with Crippen LogP contribution in [-0.4, -0.2) is 29.5 Å². The summed E-state index contributed by atoms with van der Waals surface area (Å²) in [4.78, 5) is 8.59. The molecule has 40 heavy (non-hydrogen) atoms. The van der Waals surface area contributed by atoms with Crippen molar-refractivity contribution in [3.05, 3.63) is 81.7 Å². The minimum atomic E-state index is -4.97. The second-order valence-corrected chi connectivity index (χ2v) is 9.71. The first kappa shape index (κ1) is 29.1. The van der Waals surface area contributed by atoms with E-state index in [1.807, 2.05) is 0 Å². The molecule has 0 spiro atoms. The summed E-state index contributed by atoms with van der Waals surface area (Å²) in [5.41, 5.74) is -4.06. The van der Waals surface area contributed by atoms with E-state index in [1.54, 1.807) is 33.8 Å². The fourth-order valence-electron chi connectivity index (χ4n) is 4.07. The molecule has 4 aromatic rings. The molecule has 0 bridgehead atoms. The van der Waals surface area contributed by atoms with E-state index in [9.17, 15) is 39.5 Å². The summed E-state index contributed by atoms with van der Waals surface area (Å²) >= 11 is 0. The highest BCUT2D eigenvalue weighted by molar-refractivity contribution is 5.48. The first-order valence-corrected chi connectivity index (χ1v) is 11.6. The average Bonchev–Trinajstić information content (AvgIpc) is 3.49. The maximum absolute atomic E-state index is 14.0. The molecule has 6 nitrogen and oxygen atoms in total. The van der Waals surface area contributed by atoms with Crippen LogP contribution in [0.3, 0.4) is 0 Å². The largest absolute Gasteiger partial charge is 0.435 e. The Morgan fingerprint density at radius 2 is 1.00 bits per heavy atom. The van der Waals surface area contributed by atoms with Gasteiger partial charge in [0.15, 0.2) is 23.0 Å². The molecule has 0 aliphatic carbocycles. The van der Waals surface area contributed by atoms with Crippen molar-refractivity contribution in [2.24, 2.45) is 0 Å². The molecule has 4 heterocycles. The molecule has 0 saturated heterocycles. The van der Waals surface area contributed by atoms with Crippen molar-refractivity contribution >= 4 is 0 Å². The van der Waals surface area contributed by atoms with Gasteiger partial charge in [-0.15, -0.1) is 0 Å². The van der Waals surface area contributed by atoms with Gasteiger partial charge in [0.1, 0.15) is 5.56 Å². The van der Waals surface area contributed by atoms with Crippen LogP contribution in [0.15, 0.2) is 36.7 Å². The van der Waals surface area contributed by atoms with Gasteiger partial charge in [-0.1, -0.05) is 0 Å². The molecule has 0 unspecified atom stereocenters. The SMILES string of the molecule is Cc1cc(C(C)(C)c2cc(C)c(C(F)(F)F)c(-n3ccc(C(F)(F)F)n3)n2)nc(-n2ccc(C(F)(F)F)n2)c1C. The maximum Gasteiger partial charge on any atom is 0.435 e. The van der Waals surface area contributed by atoms with Gasteiger partial charge >= 0.3 is 18.5 Å². The third-order valence-corrected chi connectivity index (χ3v) is 6.46. The predicted octanol–water partition coefficient (Wildman–Crippen LogP) is 7.16. The molecular formula is C25H21F9N6. The Balaban J connectivity index is 1.90. The van der Waals surface area contributed by atoms with Crippen molar-refractivity contribution < 1.29 is 39.5 Å². The lowest BCUT2D eigenvalue weighted by atomic mass is 9.82. The van der Waals surface area contributed by atoms with Crippen molar-refractivity contribution in [3.8, 4) is 11.6 Å². The van der Waals surface area contributed by atoms with Crippen LogP contribution in [0.5, 0.6) is 0 Å². The van der Waals surface area contributed by atoms with E-state index in [0.717, 1.165) is 36.1 Å². The number of nitrogens with zero attached hydrogens (tertiary/aromatic N) is 6. The zero-order chi connectivity index (χ0) is 30.0. The van der Waals surface area contributed by atoms with Crippen molar-refractivity contribution in [1.29, 1.82) is 0 Å². The van der Waals surface area contributed by atoms with Gasteiger partial charge in [-0.05, 0) is 75.6 Å². The number of halogens is 9. The molecule has 0 aliphatic rings. The average molecular weight is 576 g/mol. The number of aromatic nitrogens is 6. The van der Waals surface area contributed by atoms with Crippen LogP contribution in [0.1, 0.15) is 58.9 Å². The molecule has 15 heteroatoms. The summed E-state index contributed by atoms with van der Waals surface area (Å²) in [6.45, 7) is 7.58. The lowest BCUT2D eigenvalue weighted by Crippen LogP contribution is -2.26. The van der Waals surface area contributed by atoms with Gasteiger partial charge < -0.3 is 0 Å². The standard InChI is InChI=1S/C25H21F9N6/c1-12-10-17(35-20(14(12)3)39-8-6-15(37-39)23(26,27)28)22(4,5)18-11-13(2)19(25(32,33)34)21(36-18)40-9-7-16(38-40)24(29,30)31/h6-11H,1-5H3. The van der Waals surface area contributed by atoms with Gasteiger partial charge in [0.25, 0.3) is 0 Å². The molecule has 0 aliphatic heterocycles. The second kappa shape index (κ2) is 9.34. The van der Waals surface area contributed by atoms with Gasteiger partial charge in [-0.2, -0.15) is 49.7 Å². The highest BCUT2D eigenvalue weighted by Gasteiger charge is 2.41. The summed E-state index contributed by atoms with van der Waals surface area (Å²) < 4.78 is 122. The maximum atomic E-state index is 14.0. The first-order chi connectivity index (χ1) is 18.2. The third-order valence-electron chi connectivity index (χ3n) is 6.46. The molecule has 0 N–H and O–H groups in total. The zero-order valence-electron chi connectivity index (χ0n) is 21.5. The predicted molar refractivity (Wildman–Crippen MR) is 124 cm³/mol. The first-order valence-electron chi connectivity index (χ1n) is 11.6. The molecular weight excluding hydrogens is 555 g/mol. The Bertz CT molecular complexity index is 1570. The monoisotopic (exact) mass is 576 g/mol. The van der Waals surface area contributed by atoms with Crippen LogP contribution in [0.2, 0.25) is 0 Å². The van der Waals surface area contributed by atoms with Crippen LogP contribution in [0, 0.1) is 20.8 Å². The highest BCUT2D eigenvalue weighted by atomic mass is 19.4. The molecule has 0 saturated carbocycles.